The average Bonchev–Trinajstić information content (AvgIpc) is 2.62. The van der Waals surface area contributed by atoms with Crippen LogP contribution in [0.4, 0.5) is 11.4 Å². The van der Waals surface area contributed by atoms with Gasteiger partial charge in [-0.1, -0.05) is 24.3 Å². The summed E-state index contributed by atoms with van der Waals surface area (Å²) in [4.78, 5) is 25.8. The van der Waals surface area contributed by atoms with Crippen LogP contribution < -0.4 is 10.6 Å². The third kappa shape index (κ3) is 1.86. The van der Waals surface area contributed by atoms with Gasteiger partial charge in [-0.3, -0.25) is 9.59 Å². The van der Waals surface area contributed by atoms with Crippen LogP contribution in [0, 0.1) is 11.8 Å². The van der Waals surface area contributed by atoms with Crippen molar-refractivity contribution in [2.75, 3.05) is 10.6 Å². The molecule has 2 aromatic rings. The van der Waals surface area contributed by atoms with Crippen LogP contribution in [-0.4, -0.2) is 23.7 Å². The second-order valence-corrected chi connectivity index (χ2v) is 7.01. The van der Waals surface area contributed by atoms with Gasteiger partial charge >= 0.3 is 0 Å². The summed E-state index contributed by atoms with van der Waals surface area (Å²) in [6, 6.07) is 15.5. The van der Waals surface area contributed by atoms with Gasteiger partial charge in [0.15, 0.2) is 11.6 Å². The van der Waals surface area contributed by atoms with E-state index in [2.05, 4.69) is 10.6 Å². The fourth-order valence-electron chi connectivity index (χ4n) is 4.55. The molecule has 0 spiro atoms. The highest BCUT2D eigenvalue weighted by atomic mass is 16.1. The monoisotopic (exact) mass is 318 g/mol. The number of ketones is 2. The summed E-state index contributed by atoms with van der Waals surface area (Å²) in [5, 5.41) is 7.01. The highest BCUT2D eigenvalue weighted by Gasteiger charge is 2.47. The quantitative estimate of drug-likeness (QED) is 0.782. The van der Waals surface area contributed by atoms with Crippen molar-refractivity contribution in [1.82, 2.24) is 0 Å². The van der Waals surface area contributed by atoms with Gasteiger partial charge < -0.3 is 10.6 Å². The molecule has 2 aliphatic heterocycles. The van der Waals surface area contributed by atoms with Crippen molar-refractivity contribution in [3.8, 4) is 0 Å². The maximum absolute atomic E-state index is 12.9. The summed E-state index contributed by atoms with van der Waals surface area (Å²) < 4.78 is 0. The Morgan fingerprint density at radius 2 is 1.08 bits per heavy atom. The van der Waals surface area contributed by atoms with Crippen molar-refractivity contribution in [3.63, 3.8) is 0 Å². The molecule has 4 heteroatoms. The molecule has 0 amide bonds. The Morgan fingerprint density at radius 3 is 1.54 bits per heavy atom. The number of rotatable bonds is 0. The third-order valence-electron chi connectivity index (χ3n) is 5.73. The maximum Gasteiger partial charge on any atom is 0.170 e. The molecule has 1 aliphatic carbocycles. The molecule has 1 saturated carbocycles. The van der Waals surface area contributed by atoms with E-state index in [-0.39, 0.29) is 35.5 Å². The molecule has 0 bridgehead atoms. The van der Waals surface area contributed by atoms with E-state index in [4.69, 9.17) is 0 Å². The summed E-state index contributed by atoms with van der Waals surface area (Å²) in [5.74, 6) is 0.292. The van der Waals surface area contributed by atoms with Crippen LogP contribution in [0.1, 0.15) is 33.6 Å². The van der Waals surface area contributed by atoms with Gasteiger partial charge in [0.25, 0.3) is 0 Å². The van der Waals surface area contributed by atoms with Crippen LogP contribution >= 0.6 is 0 Å². The van der Waals surface area contributed by atoms with Crippen molar-refractivity contribution in [2.24, 2.45) is 11.8 Å². The second kappa shape index (κ2) is 4.94. The molecule has 4 unspecified atom stereocenters. The zero-order valence-electron chi connectivity index (χ0n) is 13.2. The number of nitrogens with one attached hydrogen (secondary N) is 2. The lowest BCUT2D eigenvalue weighted by Gasteiger charge is -2.46. The van der Waals surface area contributed by atoms with Crippen LogP contribution in [0.25, 0.3) is 0 Å². The van der Waals surface area contributed by atoms with Gasteiger partial charge in [0.05, 0.1) is 0 Å². The molecule has 0 saturated heterocycles. The molecule has 3 aliphatic rings. The molecule has 0 aromatic heterocycles. The molecule has 1 fully saturated rings. The summed E-state index contributed by atoms with van der Waals surface area (Å²) >= 11 is 0. The first kappa shape index (κ1) is 13.8. The molecule has 0 radical (unpaired) electrons. The van der Waals surface area contributed by atoms with Crippen LogP contribution in [0.5, 0.6) is 0 Å². The molecular weight excluding hydrogens is 300 g/mol. The number of fused-ring (bicyclic) bond motifs is 4. The van der Waals surface area contributed by atoms with Crippen molar-refractivity contribution < 1.29 is 9.59 Å². The summed E-state index contributed by atoms with van der Waals surface area (Å²) in [6.45, 7) is 0. The predicted octanol–water partition coefficient (Wildman–Crippen LogP) is 3.37. The second-order valence-electron chi connectivity index (χ2n) is 7.01. The Kier molecular flexibility index (Phi) is 2.84. The zero-order chi connectivity index (χ0) is 16.3. The first-order chi connectivity index (χ1) is 11.7. The summed E-state index contributed by atoms with van der Waals surface area (Å²) in [6.07, 6.45) is 1.41. The van der Waals surface area contributed by atoms with Crippen molar-refractivity contribution in [1.29, 1.82) is 0 Å². The topological polar surface area (TPSA) is 58.2 Å². The van der Waals surface area contributed by atoms with Gasteiger partial charge in [0.1, 0.15) is 0 Å². The Hall–Kier alpha value is -2.62. The van der Waals surface area contributed by atoms with Crippen LogP contribution in [-0.2, 0) is 0 Å². The molecule has 2 N–H and O–H groups in total. The number of anilines is 2. The van der Waals surface area contributed by atoms with Gasteiger partial charge in [-0.2, -0.15) is 0 Å². The number of Topliss-reactive ketones (excluding diaryl/α,β-unsaturated/α-hetero) is 2. The Balaban J connectivity index is 1.51. The molecule has 4 atom stereocenters. The van der Waals surface area contributed by atoms with Crippen molar-refractivity contribution >= 4 is 22.9 Å². The SMILES string of the molecule is O=C1c2ccccc2NC2CC3C(=O)c4ccccc4NC3CC12. The fraction of sp³-hybridized carbons (Fsp3) is 0.300. The van der Waals surface area contributed by atoms with Gasteiger partial charge in [0.2, 0.25) is 0 Å². The number of para-hydroxylation sites is 2. The Morgan fingerprint density at radius 1 is 0.667 bits per heavy atom. The summed E-state index contributed by atoms with van der Waals surface area (Å²) in [7, 11) is 0. The smallest absolute Gasteiger partial charge is 0.170 e. The standard InChI is InChI=1S/C20H18N2O2/c23-19-11-5-1-3-7-15(11)21-17-10-14-18(9-13(17)19)22-16-8-4-2-6-12(16)20(14)24/h1-8,13-14,17-18,21-22H,9-10H2. The number of hydrogen-bond acceptors (Lipinski definition) is 4. The van der Waals surface area contributed by atoms with Crippen molar-refractivity contribution in [2.45, 2.75) is 24.9 Å². The minimum absolute atomic E-state index is 0.0460. The third-order valence-corrected chi connectivity index (χ3v) is 5.73. The first-order valence-electron chi connectivity index (χ1n) is 8.52. The largest absolute Gasteiger partial charge is 0.381 e. The van der Waals surface area contributed by atoms with E-state index in [9.17, 15) is 9.59 Å². The number of carbonyl (C=O) groups excluding carboxylic acids is 2. The van der Waals surface area contributed by atoms with Gasteiger partial charge in [-0.15, -0.1) is 0 Å². The molecule has 120 valence electrons. The molecule has 24 heavy (non-hydrogen) atoms. The maximum atomic E-state index is 12.9. The van der Waals surface area contributed by atoms with E-state index in [1.54, 1.807) is 0 Å². The fourth-order valence-corrected chi connectivity index (χ4v) is 4.55. The van der Waals surface area contributed by atoms with E-state index in [0.29, 0.717) is 12.8 Å². The Labute approximate surface area is 140 Å². The molecule has 4 nitrogen and oxygen atoms in total. The normalized spacial score (nSPS) is 30.2. The van der Waals surface area contributed by atoms with E-state index in [1.807, 2.05) is 48.5 Å². The highest BCUT2D eigenvalue weighted by molar-refractivity contribution is 6.07. The highest BCUT2D eigenvalue weighted by Crippen LogP contribution is 2.43. The lowest BCUT2D eigenvalue weighted by molar-refractivity contribution is 0.0747. The lowest BCUT2D eigenvalue weighted by atomic mass is 9.67. The molecule has 2 aromatic carbocycles. The van der Waals surface area contributed by atoms with Gasteiger partial charge in [0, 0.05) is 46.4 Å². The zero-order valence-corrected chi connectivity index (χ0v) is 13.2. The minimum Gasteiger partial charge on any atom is -0.381 e. The van der Waals surface area contributed by atoms with E-state index < -0.39 is 0 Å². The Bertz CT molecular complexity index is 789. The van der Waals surface area contributed by atoms with Crippen LogP contribution in [0.15, 0.2) is 48.5 Å². The minimum atomic E-state index is -0.0632. The number of carbonyl (C=O) groups is 2. The lowest BCUT2D eigenvalue weighted by Crippen LogP contribution is -2.53. The average molecular weight is 318 g/mol. The predicted molar refractivity (Wildman–Crippen MR) is 92.6 cm³/mol. The van der Waals surface area contributed by atoms with E-state index in [0.717, 1.165) is 22.5 Å². The van der Waals surface area contributed by atoms with Gasteiger partial charge in [-0.25, -0.2) is 0 Å². The van der Waals surface area contributed by atoms with E-state index >= 15 is 0 Å². The molecule has 5 rings (SSSR count). The van der Waals surface area contributed by atoms with Crippen molar-refractivity contribution in [3.05, 3.63) is 59.7 Å². The molecule has 2 heterocycles. The molecular formula is C20H18N2O2. The number of benzene rings is 2. The van der Waals surface area contributed by atoms with Gasteiger partial charge in [-0.05, 0) is 37.1 Å². The number of hydrogen-bond donors (Lipinski definition) is 2. The van der Waals surface area contributed by atoms with E-state index in [1.165, 1.54) is 0 Å². The first-order valence-corrected chi connectivity index (χ1v) is 8.52. The van der Waals surface area contributed by atoms with Crippen LogP contribution in [0.3, 0.4) is 0 Å². The van der Waals surface area contributed by atoms with Crippen LogP contribution in [0.2, 0.25) is 0 Å². The summed E-state index contributed by atoms with van der Waals surface area (Å²) in [5.41, 5.74) is 3.36.